The molecule has 9 nitrogen and oxygen atoms in total. The van der Waals surface area contributed by atoms with E-state index in [-0.39, 0.29) is 25.1 Å². The van der Waals surface area contributed by atoms with Crippen LogP contribution in [0.25, 0.3) is 10.9 Å². The molecule has 3 N–H and O–H groups in total. The number of carbonyl (C=O) groups excluding carboxylic acids is 1. The number of nitrogens with zero attached hydrogens (tertiary/aromatic N) is 4. The number of H-pyrrole nitrogens is 1. The Labute approximate surface area is 176 Å². The number of nitrogens with one attached hydrogen (secondary N) is 1. The van der Waals surface area contributed by atoms with Gasteiger partial charge in [-0.2, -0.15) is 5.26 Å². The topological polar surface area (TPSA) is 137 Å². The van der Waals surface area contributed by atoms with Gasteiger partial charge in [-0.25, -0.2) is 9.37 Å². The van der Waals surface area contributed by atoms with Crippen molar-refractivity contribution in [1.82, 2.24) is 14.9 Å². The number of benzene rings is 1. The lowest BCUT2D eigenvalue weighted by atomic mass is 10.0. The fourth-order valence-electron chi connectivity index (χ4n) is 3.69. The van der Waals surface area contributed by atoms with E-state index < -0.39 is 24.2 Å². The molecule has 3 unspecified atom stereocenters. The van der Waals surface area contributed by atoms with E-state index in [2.05, 4.69) is 15.1 Å². The van der Waals surface area contributed by atoms with Gasteiger partial charge in [0.05, 0.1) is 24.9 Å². The summed E-state index contributed by atoms with van der Waals surface area (Å²) < 4.78 is 19.4. The summed E-state index contributed by atoms with van der Waals surface area (Å²) in [5.74, 6) is 0.367. The van der Waals surface area contributed by atoms with Crippen LogP contribution in [0.3, 0.4) is 0 Å². The molecule has 2 aromatic heterocycles. The number of halogens is 1. The maximum atomic E-state index is 13.7. The Morgan fingerprint density at radius 3 is 3.00 bits per heavy atom. The first-order chi connectivity index (χ1) is 15.0. The number of nitrogens with two attached hydrogens (primary N) is 1. The van der Waals surface area contributed by atoms with Crippen molar-refractivity contribution in [2.45, 2.75) is 31.1 Å². The third-order valence-electron chi connectivity index (χ3n) is 5.23. The molecule has 3 heterocycles. The Morgan fingerprint density at radius 2 is 2.29 bits per heavy atom. The van der Waals surface area contributed by atoms with Crippen molar-refractivity contribution in [3.63, 3.8) is 0 Å². The number of fused-ring (bicyclic) bond motifs is 1. The molecular weight excluding hydrogens is 403 g/mol. The summed E-state index contributed by atoms with van der Waals surface area (Å²) in [7, 11) is 0. The molecule has 0 radical (unpaired) electrons. The summed E-state index contributed by atoms with van der Waals surface area (Å²) in [6.07, 6.45) is 2.08. The maximum Gasteiger partial charge on any atom is 0.241 e. The molecule has 1 aliphatic rings. The molecule has 1 aromatic carbocycles. The largest absolute Gasteiger partial charge is 0.439 e. The van der Waals surface area contributed by atoms with E-state index in [0.29, 0.717) is 11.6 Å². The first kappa shape index (κ1) is 20.4. The number of hydrogen-bond donors (Lipinski definition) is 2. The number of aromatic amines is 1. The van der Waals surface area contributed by atoms with Crippen LogP contribution in [0.5, 0.6) is 11.6 Å². The van der Waals surface area contributed by atoms with Crippen molar-refractivity contribution in [2.75, 3.05) is 6.54 Å². The fraction of sp³-hybridized carbons (Fsp3) is 0.286. The molecule has 4 rings (SSSR count). The van der Waals surface area contributed by atoms with Gasteiger partial charge in [0.15, 0.2) is 0 Å². The monoisotopic (exact) mass is 422 g/mol. The zero-order valence-corrected chi connectivity index (χ0v) is 16.4. The number of nitriles is 1. The first-order valence-corrected chi connectivity index (χ1v) is 9.65. The Kier molecular flexibility index (Phi) is 5.60. The normalized spacial score (nSPS) is 19.2. The summed E-state index contributed by atoms with van der Waals surface area (Å²) in [6.45, 7) is -0.109. The molecular formula is C21H19FN6O3. The van der Waals surface area contributed by atoms with E-state index in [0.717, 1.165) is 16.5 Å². The van der Waals surface area contributed by atoms with Gasteiger partial charge < -0.3 is 20.4 Å². The first-order valence-electron chi connectivity index (χ1n) is 9.65. The molecule has 0 spiro atoms. The number of pyridine rings is 1. The predicted octanol–water partition coefficient (Wildman–Crippen LogP) is 3.09. The van der Waals surface area contributed by atoms with Crippen molar-refractivity contribution >= 4 is 22.5 Å². The van der Waals surface area contributed by atoms with Crippen LogP contribution in [-0.4, -0.2) is 45.6 Å². The Bertz CT molecular complexity index is 1160. The second-order valence-electron chi connectivity index (χ2n) is 7.35. The molecule has 3 atom stereocenters. The van der Waals surface area contributed by atoms with Crippen LogP contribution < -0.4 is 10.5 Å². The second kappa shape index (κ2) is 8.49. The third-order valence-corrected chi connectivity index (χ3v) is 5.23. The highest BCUT2D eigenvalue weighted by molar-refractivity contribution is 5.87. The number of amides is 1. The predicted molar refractivity (Wildman–Crippen MR) is 110 cm³/mol. The smallest absolute Gasteiger partial charge is 0.241 e. The highest BCUT2D eigenvalue weighted by Crippen LogP contribution is 2.28. The van der Waals surface area contributed by atoms with E-state index >= 15 is 0 Å². The van der Waals surface area contributed by atoms with Crippen LogP contribution in [0.4, 0.5) is 10.1 Å². The second-order valence-corrected chi connectivity index (χ2v) is 7.35. The lowest BCUT2D eigenvalue weighted by Crippen LogP contribution is -2.46. The van der Waals surface area contributed by atoms with Gasteiger partial charge in [-0.15, -0.1) is 4.91 Å². The summed E-state index contributed by atoms with van der Waals surface area (Å²) in [4.78, 5) is 31.6. The maximum absolute atomic E-state index is 13.7. The minimum atomic E-state index is -1.21. The summed E-state index contributed by atoms with van der Waals surface area (Å²) in [6, 6.07) is 8.67. The molecule has 10 heteroatoms. The minimum absolute atomic E-state index is 0.0146. The highest BCUT2D eigenvalue weighted by atomic mass is 19.1. The van der Waals surface area contributed by atoms with Crippen LogP contribution in [0.15, 0.2) is 47.9 Å². The zero-order chi connectivity index (χ0) is 22.0. The van der Waals surface area contributed by atoms with Crippen LogP contribution in [0, 0.1) is 16.2 Å². The van der Waals surface area contributed by atoms with Gasteiger partial charge in [0.25, 0.3) is 0 Å². The lowest BCUT2D eigenvalue weighted by molar-refractivity contribution is -0.132. The average Bonchev–Trinajstić information content (AvgIpc) is 3.36. The molecule has 0 saturated carbocycles. The van der Waals surface area contributed by atoms with Crippen LogP contribution >= 0.6 is 0 Å². The average molecular weight is 422 g/mol. The van der Waals surface area contributed by atoms with Crippen LogP contribution in [-0.2, 0) is 11.2 Å². The number of carbonyl (C=O) groups is 1. The van der Waals surface area contributed by atoms with Crippen molar-refractivity contribution in [2.24, 2.45) is 10.9 Å². The molecule has 1 amide bonds. The Hall–Kier alpha value is -3.84. The molecule has 158 valence electrons. The van der Waals surface area contributed by atoms with Crippen molar-refractivity contribution < 1.29 is 13.9 Å². The van der Waals surface area contributed by atoms with Gasteiger partial charge in [-0.05, 0) is 41.4 Å². The molecule has 1 aliphatic heterocycles. The summed E-state index contributed by atoms with van der Waals surface area (Å²) >= 11 is 0. The quantitative estimate of drug-likeness (QED) is 0.586. The summed E-state index contributed by atoms with van der Waals surface area (Å²) in [5.41, 5.74) is 7.94. The van der Waals surface area contributed by atoms with E-state index in [4.69, 9.17) is 15.7 Å². The number of alkyl halides is 1. The van der Waals surface area contributed by atoms with Gasteiger partial charge in [-0.1, -0.05) is 0 Å². The molecule has 3 aromatic rings. The fourth-order valence-corrected chi connectivity index (χ4v) is 3.69. The third kappa shape index (κ3) is 4.22. The Balaban J connectivity index is 1.51. The zero-order valence-electron chi connectivity index (χ0n) is 16.4. The van der Waals surface area contributed by atoms with Crippen molar-refractivity contribution in [1.29, 1.82) is 5.26 Å². The number of hydrogen-bond acceptors (Lipinski definition) is 7. The molecule has 0 aliphatic carbocycles. The Morgan fingerprint density at radius 1 is 1.45 bits per heavy atom. The van der Waals surface area contributed by atoms with Gasteiger partial charge in [0.2, 0.25) is 11.8 Å². The number of ether oxygens (including phenoxy) is 1. The molecule has 0 bridgehead atoms. The lowest BCUT2D eigenvalue weighted by Gasteiger charge is -2.23. The SMILES string of the molecule is N#CC1CC(F)CN1C(=O)C(N)Cc1c[nH]c2ccc(Oc3ccc(N=O)cn3)cc12. The molecule has 1 saturated heterocycles. The number of likely N-dealkylation sites (tertiary alicyclic amines) is 1. The summed E-state index contributed by atoms with van der Waals surface area (Å²) in [5, 5.41) is 12.8. The van der Waals surface area contributed by atoms with Gasteiger partial charge in [0, 0.05) is 29.6 Å². The minimum Gasteiger partial charge on any atom is -0.439 e. The van der Waals surface area contributed by atoms with Gasteiger partial charge in [-0.3, -0.25) is 4.79 Å². The molecule has 1 fully saturated rings. The number of rotatable bonds is 6. The van der Waals surface area contributed by atoms with Crippen LogP contribution in [0.2, 0.25) is 0 Å². The van der Waals surface area contributed by atoms with E-state index in [1.807, 2.05) is 12.1 Å². The highest BCUT2D eigenvalue weighted by Gasteiger charge is 2.37. The van der Waals surface area contributed by atoms with Crippen molar-refractivity contribution in [3.05, 3.63) is 53.2 Å². The number of aromatic nitrogens is 2. The van der Waals surface area contributed by atoms with Gasteiger partial charge in [0.1, 0.15) is 23.7 Å². The molecule has 31 heavy (non-hydrogen) atoms. The van der Waals surface area contributed by atoms with E-state index in [9.17, 15) is 14.1 Å². The standard InChI is InChI=1S/C21H19FN6O3/c22-13-6-15(8-23)28(11-13)21(29)18(24)5-12-9-25-19-3-2-16(7-17(12)19)31-20-4-1-14(27-30)10-26-20/h1-4,7,9-10,13,15,18,25H,5-6,11,24H2. The van der Waals surface area contributed by atoms with E-state index in [1.54, 1.807) is 18.3 Å². The van der Waals surface area contributed by atoms with Crippen molar-refractivity contribution in [3.8, 4) is 17.7 Å². The van der Waals surface area contributed by atoms with Gasteiger partial charge >= 0.3 is 0 Å². The van der Waals surface area contributed by atoms with Crippen LogP contribution in [0.1, 0.15) is 12.0 Å². The number of nitroso groups, excluding NO2 is 1. The van der Waals surface area contributed by atoms with E-state index in [1.165, 1.54) is 23.2 Å².